The Morgan fingerprint density at radius 2 is 1.88 bits per heavy atom. The van der Waals surface area contributed by atoms with Gasteiger partial charge in [0.25, 0.3) is 16.8 Å². The van der Waals surface area contributed by atoms with Gasteiger partial charge < -0.3 is 9.92 Å². The van der Waals surface area contributed by atoms with E-state index < -0.39 is 38.6 Å². The number of aryl methyl sites for hydroxylation is 1. The predicted molar refractivity (Wildman–Crippen MR) is 114 cm³/mol. The molecule has 1 saturated heterocycles. The zero-order valence-electron chi connectivity index (χ0n) is 16.4. The molecule has 166 valence electrons. The van der Waals surface area contributed by atoms with Gasteiger partial charge >= 0.3 is 10.1 Å². The third kappa shape index (κ3) is 4.95. The van der Waals surface area contributed by atoms with Gasteiger partial charge in [-0.1, -0.05) is 18.2 Å². The third-order valence-corrected chi connectivity index (χ3v) is 6.39. The summed E-state index contributed by atoms with van der Waals surface area (Å²) >= 11 is 0.643. The summed E-state index contributed by atoms with van der Waals surface area (Å²) in [6.45, 7) is 0.959. The van der Waals surface area contributed by atoms with Crippen LogP contribution in [0.25, 0.3) is 6.08 Å². The number of nitrogens with two attached hydrogens (primary N) is 1. The Labute approximate surface area is 186 Å². The number of carbonyl (C=O) groups is 3. The number of benzene rings is 2. The molecule has 0 unspecified atom stereocenters. The predicted octanol–water partition coefficient (Wildman–Crippen LogP) is 2.19. The largest absolute Gasteiger partial charge is 0.379 e. The monoisotopic (exact) mass is 477 g/mol. The van der Waals surface area contributed by atoms with Gasteiger partial charge in [0, 0.05) is 11.6 Å². The maximum absolute atomic E-state index is 12.5. The Morgan fingerprint density at radius 3 is 2.47 bits per heavy atom. The molecule has 2 aromatic rings. The number of nitro groups is 1. The van der Waals surface area contributed by atoms with Crippen molar-refractivity contribution in [1.29, 1.82) is 0 Å². The minimum Gasteiger partial charge on any atom is -0.379 e. The maximum atomic E-state index is 12.5. The molecular weight excluding hydrogens is 462 g/mol. The highest BCUT2D eigenvalue weighted by atomic mass is 32.2. The van der Waals surface area contributed by atoms with Gasteiger partial charge in [-0.15, -0.1) is 0 Å². The van der Waals surface area contributed by atoms with Gasteiger partial charge in [-0.25, -0.2) is 0 Å². The molecule has 13 heteroatoms. The molecule has 0 aliphatic carbocycles. The van der Waals surface area contributed by atoms with Crippen molar-refractivity contribution in [2.24, 2.45) is 5.73 Å². The van der Waals surface area contributed by atoms with Gasteiger partial charge in [-0.05, 0) is 48.5 Å². The summed E-state index contributed by atoms with van der Waals surface area (Å²) in [5, 5.41) is 10.4. The molecule has 1 aliphatic rings. The first-order valence-corrected chi connectivity index (χ1v) is 11.0. The van der Waals surface area contributed by atoms with Crippen molar-refractivity contribution in [2.75, 3.05) is 6.54 Å². The summed E-state index contributed by atoms with van der Waals surface area (Å²) < 4.78 is 30.0. The van der Waals surface area contributed by atoms with E-state index in [0.717, 1.165) is 11.0 Å². The van der Waals surface area contributed by atoms with Crippen LogP contribution in [0.2, 0.25) is 0 Å². The summed E-state index contributed by atoms with van der Waals surface area (Å²) in [5.74, 6) is -1.55. The number of amides is 3. The number of hydrogen-bond acceptors (Lipinski definition) is 9. The van der Waals surface area contributed by atoms with Crippen LogP contribution >= 0.6 is 11.8 Å². The highest BCUT2D eigenvalue weighted by molar-refractivity contribution is 8.18. The van der Waals surface area contributed by atoms with Gasteiger partial charge in [0.1, 0.15) is 17.2 Å². The van der Waals surface area contributed by atoms with E-state index in [4.69, 9.17) is 9.92 Å². The van der Waals surface area contributed by atoms with Crippen LogP contribution in [0.1, 0.15) is 11.1 Å². The highest BCUT2D eigenvalue weighted by Gasteiger charge is 2.35. The molecule has 0 atom stereocenters. The second-order valence-electron chi connectivity index (χ2n) is 6.55. The van der Waals surface area contributed by atoms with E-state index in [1.807, 2.05) is 0 Å². The average Bonchev–Trinajstić information content (AvgIpc) is 2.96. The smallest absolute Gasteiger partial charge is 0.339 e. The van der Waals surface area contributed by atoms with Gasteiger partial charge in [0.2, 0.25) is 5.91 Å². The Morgan fingerprint density at radius 1 is 1.22 bits per heavy atom. The Kier molecular flexibility index (Phi) is 6.32. The zero-order chi connectivity index (χ0) is 23.6. The van der Waals surface area contributed by atoms with Crippen LogP contribution in [0.5, 0.6) is 5.75 Å². The summed E-state index contributed by atoms with van der Waals surface area (Å²) in [4.78, 5) is 45.8. The van der Waals surface area contributed by atoms with Gasteiger partial charge in [-0.3, -0.25) is 29.4 Å². The van der Waals surface area contributed by atoms with E-state index in [1.54, 1.807) is 0 Å². The van der Waals surface area contributed by atoms with Crippen LogP contribution in [0, 0.1) is 17.0 Å². The van der Waals surface area contributed by atoms with Gasteiger partial charge in [0.15, 0.2) is 0 Å². The molecule has 2 N–H and O–H groups in total. The van der Waals surface area contributed by atoms with Crippen LogP contribution in [-0.4, -0.2) is 41.8 Å². The molecule has 1 fully saturated rings. The quantitative estimate of drug-likeness (QED) is 0.272. The second kappa shape index (κ2) is 8.80. The third-order valence-electron chi connectivity index (χ3n) is 4.24. The van der Waals surface area contributed by atoms with Crippen molar-refractivity contribution in [3.05, 3.63) is 68.6 Å². The van der Waals surface area contributed by atoms with E-state index in [1.165, 1.54) is 49.4 Å². The van der Waals surface area contributed by atoms with Gasteiger partial charge in [-0.2, -0.15) is 8.42 Å². The summed E-state index contributed by atoms with van der Waals surface area (Å²) in [5.41, 5.74) is 5.44. The summed E-state index contributed by atoms with van der Waals surface area (Å²) in [6, 6.07) is 8.96. The van der Waals surface area contributed by atoms with Crippen LogP contribution < -0.4 is 9.92 Å². The molecule has 0 spiro atoms. The fraction of sp³-hybridized carbons (Fsp3) is 0.105. The first-order valence-electron chi connectivity index (χ1n) is 8.81. The van der Waals surface area contributed by atoms with Crippen LogP contribution in [0.15, 0.2) is 52.3 Å². The van der Waals surface area contributed by atoms with Crippen molar-refractivity contribution in [3.8, 4) is 5.75 Å². The van der Waals surface area contributed by atoms with E-state index in [2.05, 4.69) is 0 Å². The first-order chi connectivity index (χ1) is 15.0. The lowest BCUT2D eigenvalue weighted by atomic mass is 10.2. The number of primary amides is 1. The number of rotatable bonds is 7. The maximum Gasteiger partial charge on any atom is 0.339 e. The number of carbonyl (C=O) groups excluding carboxylic acids is 3. The number of nitrogens with zero attached hydrogens (tertiary/aromatic N) is 2. The molecule has 32 heavy (non-hydrogen) atoms. The topological polar surface area (TPSA) is 167 Å². The fourth-order valence-corrected chi connectivity index (χ4v) is 4.47. The molecular formula is C19H15N3O8S2. The number of nitro benzene ring substituents is 1. The Hall–Kier alpha value is -3.71. The fourth-order valence-electron chi connectivity index (χ4n) is 2.68. The summed E-state index contributed by atoms with van der Waals surface area (Å²) in [7, 11) is -4.33. The van der Waals surface area contributed by atoms with Crippen LogP contribution in [-0.2, 0) is 19.7 Å². The standard InChI is InChI=1S/C19H15N3O8S2/c1-11-2-7-14(9-15(11)22(26)27)32(28,29)30-13-5-3-12(4-6-13)8-16-18(24)21(10-17(20)23)19(25)31-16/h2-9H,10H2,1H3,(H2,20,23)/b16-8-. The average molecular weight is 477 g/mol. The minimum absolute atomic E-state index is 0.0628. The second-order valence-corrected chi connectivity index (χ2v) is 9.09. The SMILES string of the molecule is Cc1ccc(S(=O)(=O)Oc2ccc(/C=C3\SC(=O)N(CC(N)=O)C3=O)cc2)cc1[N+](=O)[O-]. The van der Waals surface area contributed by atoms with Crippen molar-refractivity contribution < 1.29 is 31.9 Å². The van der Waals surface area contributed by atoms with E-state index in [0.29, 0.717) is 22.9 Å². The molecule has 3 rings (SSSR count). The normalized spacial score (nSPS) is 15.3. The van der Waals surface area contributed by atoms with Crippen molar-refractivity contribution in [1.82, 2.24) is 4.90 Å². The Balaban J connectivity index is 1.78. The van der Waals surface area contributed by atoms with Crippen LogP contribution in [0.3, 0.4) is 0 Å². The van der Waals surface area contributed by atoms with E-state index >= 15 is 0 Å². The lowest BCUT2D eigenvalue weighted by molar-refractivity contribution is -0.385. The molecule has 1 aliphatic heterocycles. The highest BCUT2D eigenvalue weighted by Crippen LogP contribution is 2.32. The van der Waals surface area contributed by atoms with E-state index in [9.17, 15) is 32.9 Å². The first kappa shape index (κ1) is 23.0. The summed E-state index contributed by atoms with van der Waals surface area (Å²) in [6.07, 6.45) is 1.40. The molecule has 0 saturated carbocycles. The molecule has 1 heterocycles. The zero-order valence-corrected chi connectivity index (χ0v) is 18.0. The van der Waals surface area contributed by atoms with Crippen molar-refractivity contribution >= 4 is 50.7 Å². The van der Waals surface area contributed by atoms with Crippen molar-refractivity contribution in [3.63, 3.8) is 0 Å². The van der Waals surface area contributed by atoms with Crippen LogP contribution in [0.4, 0.5) is 10.5 Å². The molecule has 0 aromatic heterocycles. The molecule has 3 amide bonds. The molecule has 0 radical (unpaired) electrons. The number of thioether (sulfide) groups is 1. The molecule has 0 bridgehead atoms. The lowest BCUT2D eigenvalue weighted by Crippen LogP contribution is -2.36. The lowest BCUT2D eigenvalue weighted by Gasteiger charge is -2.09. The minimum atomic E-state index is -4.33. The van der Waals surface area contributed by atoms with E-state index in [-0.39, 0.29) is 21.2 Å². The van der Waals surface area contributed by atoms with Gasteiger partial charge in [0.05, 0.1) is 9.83 Å². The number of hydrogen-bond donors (Lipinski definition) is 1. The number of imide groups is 1. The molecule has 11 nitrogen and oxygen atoms in total. The van der Waals surface area contributed by atoms with Crippen molar-refractivity contribution in [2.45, 2.75) is 11.8 Å². The molecule has 2 aromatic carbocycles. The Bertz CT molecular complexity index is 1270.